The van der Waals surface area contributed by atoms with Crippen molar-refractivity contribution in [2.24, 2.45) is 0 Å². The maximum atomic E-state index is 5.96. The van der Waals surface area contributed by atoms with Crippen LogP contribution in [0, 0.1) is 0 Å². The van der Waals surface area contributed by atoms with Crippen LogP contribution in [-0.2, 0) is 6.42 Å². The van der Waals surface area contributed by atoms with Gasteiger partial charge in [0.05, 0.1) is 20.8 Å². The number of hydrogen-bond acceptors (Lipinski definition) is 3. The topological polar surface area (TPSA) is 27.7 Å². The largest absolute Gasteiger partial charge is 0.493 e. The van der Waals surface area contributed by atoms with Crippen molar-refractivity contribution in [1.29, 1.82) is 0 Å². The monoisotopic (exact) mass is 306 g/mol. The molecule has 0 bridgehead atoms. The summed E-state index contributed by atoms with van der Waals surface area (Å²) in [5.41, 5.74) is 1.22. The minimum absolute atomic E-state index is 0.641. The molecule has 0 unspecified atom stereocenters. The summed E-state index contributed by atoms with van der Waals surface area (Å²) >= 11 is 5.96. The van der Waals surface area contributed by atoms with Crippen molar-refractivity contribution in [2.45, 2.75) is 12.8 Å². The third-order valence-electron chi connectivity index (χ3n) is 3.12. The summed E-state index contributed by atoms with van der Waals surface area (Å²) in [6, 6.07) is 13.4. The van der Waals surface area contributed by atoms with Crippen molar-refractivity contribution < 1.29 is 14.2 Å². The second-order valence-corrected chi connectivity index (χ2v) is 5.04. The summed E-state index contributed by atoms with van der Waals surface area (Å²) in [5.74, 6) is 2.15. The molecule has 0 aliphatic rings. The number of aryl methyl sites for hydroxylation is 1. The second-order valence-electron chi connectivity index (χ2n) is 4.60. The fourth-order valence-corrected chi connectivity index (χ4v) is 2.28. The van der Waals surface area contributed by atoms with Crippen LogP contribution in [0.25, 0.3) is 0 Å². The number of hydrogen-bond donors (Lipinski definition) is 0. The lowest BCUT2D eigenvalue weighted by atomic mass is 10.1. The highest BCUT2D eigenvalue weighted by molar-refractivity contribution is 6.30. The zero-order chi connectivity index (χ0) is 15.1. The van der Waals surface area contributed by atoms with Gasteiger partial charge in [0, 0.05) is 11.1 Å². The lowest BCUT2D eigenvalue weighted by Gasteiger charge is -2.11. The van der Waals surface area contributed by atoms with Crippen LogP contribution in [0.2, 0.25) is 5.02 Å². The summed E-state index contributed by atoms with van der Waals surface area (Å²) < 4.78 is 16.2. The third-order valence-corrected chi connectivity index (χ3v) is 3.36. The van der Waals surface area contributed by atoms with Crippen LogP contribution in [0.3, 0.4) is 0 Å². The molecule has 112 valence electrons. The van der Waals surface area contributed by atoms with E-state index in [9.17, 15) is 0 Å². The lowest BCUT2D eigenvalue weighted by molar-refractivity contribution is 0.305. The molecular weight excluding hydrogens is 288 g/mol. The number of ether oxygens (including phenoxy) is 3. The maximum absolute atomic E-state index is 5.96. The van der Waals surface area contributed by atoms with Crippen LogP contribution in [0.15, 0.2) is 42.5 Å². The van der Waals surface area contributed by atoms with E-state index in [0.717, 1.165) is 23.6 Å². The predicted octanol–water partition coefficient (Wildman–Crippen LogP) is 4.37. The molecule has 21 heavy (non-hydrogen) atoms. The Balaban J connectivity index is 1.83. The van der Waals surface area contributed by atoms with Crippen LogP contribution in [0.1, 0.15) is 12.0 Å². The fourth-order valence-electron chi connectivity index (χ4n) is 2.07. The van der Waals surface area contributed by atoms with Gasteiger partial charge in [-0.1, -0.05) is 23.7 Å². The van der Waals surface area contributed by atoms with E-state index >= 15 is 0 Å². The van der Waals surface area contributed by atoms with Crippen LogP contribution in [0.4, 0.5) is 0 Å². The first-order valence-corrected chi connectivity index (χ1v) is 7.20. The van der Waals surface area contributed by atoms with Gasteiger partial charge in [0.15, 0.2) is 11.5 Å². The van der Waals surface area contributed by atoms with Gasteiger partial charge in [-0.15, -0.1) is 0 Å². The number of halogens is 1. The van der Waals surface area contributed by atoms with Gasteiger partial charge in [0.1, 0.15) is 5.75 Å². The Morgan fingerprint density at radius 3 is 2.48 bits per heavy atom. The zero-order valence-corrected chi connectivity index (χ0v) is 13.0. The summed E-state index contributed by atoms with van der Waals surface area (Å²) in [6.07, 6.45) is 1.86. The maximum Gasteiger partial charge on any atom is 0.164 e. The van der Waals surface area contributed by atoms with Crippen LogP contribution >= 0.6 is 11.6 Å². The van der Waals surface area contributed by atoms with E-state index in [1.165, 1.54) is 5.56 Å². The highest BCUT2D eigenvalue weighted by atomic mass is 35.5. The van der Waals surface area contributed by atoms with Gasteiger partial charge < -0.3 is 14.2 Å². The standard InChI is InChI=1S/C17H19ClO3/c1-19-16-9-8-15(12-17(16)20-2)21-10-4-6-13-5-3-7-14(18)11-13/h3,5,7-9,11-12H,4,6,10H2,1-2H3. The van der Waals surface area contributed by atoms with E-state index in [4.69, 9.17) is 25.8 Å². The molecule has 2 aromatic carbocycles. The molecule has 3 nitrogen and oxygen atoms in total. The van der Waals surface area contributed by atoms with Gasteiger partial charge in [0.2, 0.25) is 0 Å². The van der Waals surface area contributed by atoms with Crippen molar-refractivity contribution >= 4 is 11.6 Å². The minimum atomic E-state index is 0.641. The van der Waals surface area contributed by atoms with E-state index in [2.05, 4.69) is 6.07 Å². The number of benzene rings is 2. The molecule has 0 saturated carbocycles. The first-order chi connectivity index (χ1) is 10.2. The molecule has 0 atom stereocenters. The molecule has 2 rings (SSSR count). The van der Waals surface area contributed by atoms with Crippen molar-refractivity contribution in [1.82, 2.24) is 0 Å². The van der Waals surface area contributed by atoms with Crippen molar-refractivity contribution in [3.63, 3.8) is 0 Å². The average molecular weight is 307 g/mol. The molecule has 0 N–H and O–H groups in total. The van der Waals surface area contributed by atoms with E-state index in [1.54, 1.807) is 14.2 Å². The Morgan fingerprint density at radius 2 is 1.76 bits per heavy atom. The quantitative estimate of drug-likeness (QED) is 0.711. The normalized spacial score (nSPS) is 10.2. The predicted molar refractivity (Wildman–Crippen MR) is 84.8 cm³/mol. The number of rotatable bonds is 7. The average Bonchev–Trinajstić information content (AvgIpc) is 2.51. The molecule has 0 saturated heterocycles. The minimum Gasteiger partial charge on any atom is -0.493 e. The molecule has 0 aliphatic heterocycles. The van der Waals surface area contributed by atoms with Gasteiger partial charge in [-0.25, -0.2) is 0 Å². The molecule has 0 aliphatic carbocycles. The number of methoxy groups -OCH3 is 2. The SMILES string of the molecule is COc1ccc(OCCCc2cccc(Cl)c2)cc1OC. The van der Waals surface area contributed by atoms with Gasteiger partial charge in [-0.3, -0.25) is 0 Å². The molecule has 0 radical (unpaired) electrons. The van der Waals surface area contributed by atoms with Crippen LogP contribution in [-0.4, -0.2) is 20.8 Å². The Labute approximate surface area is 130 Å². The Kier molecular flexibility index (Phi) is 5.76. The van der Waals surface area contributed by atoms with E-state index < -0.39 is 0 Å². The van der Waals surface area contributed by atoms with Crippen molar-refractivity contribution in [2.75, 3.05) is 20.8 Å². The molecule has 0 spiro atoms. The molecule has 0 aromatic heterocycles. The van der Waals surface area contributed by atoms with Crippen molar-refractivity contribution in [3.05, 3.63) is 53.1 Å². The van der Waals surface area contributed by atoms with Gasteiger partial charge in [-0.05, 0) is 42.7 Å². The van der Waals surface area contributed by atoms with Gasteiger partial charge >= 0.3 is 0 Å². The highest BCUT2D eigenvalue weighted by Crippen LogP contribution is 2.30. The first-order valence-electron chi connectivity index (χ1n) is 6.82. The fraction of sp³-hybridized carbons (Fsp3) is 0.294. The molecule has 0 amide bonds. The smallest absolute Gasteiger partial charge is 0.164 e. The summed E-state index contributed by atoms with van der Waals surface area (Å²) in [4.78, 5) is 0. The molecule has 4 heteroatoms. The summed E-state index contributed by atoms with van der Waals surface area (Å²) in [5, 5.41) is 0.772. The van der Waals surface area contributed by atoms with E-state index in [0.29, 0.717) is 18.1 Å². The molecule has 0 fully saturated rings. The first kappa shape index (κ1) is 15.5. The molecule has 0 heterocycles. The molecule has 2 aromatic rings. The zero-order valence-electron chi connectivity index (χ0n) is 12.3. The summed E-state index contributed by atoms with van der Waals surface area (Å²) in [7, 11) is 3.23. The van der Waals surface area contributed by atoms with Crippen LogP contribution < -0.4 is 14.2 Å². The lowest BCUT2D eigenvalue weighted by Crippen LogP contribution is -2.00. The summed E-state index contributed by atoms with van der Waals surface area (Å²) in [6.45, 7) is 0.641. The van der Waals surface area contributed by atoms with Crippen LogP contribution in [0.5, 0.6) is 17.2 Å². The third kappa shape index (κ3) is 4.57. The second kappa shape index (κ2) is 7.79. The van der Waals surface area contributed by atoms with Crippen molar-refractivity contribution in [3.8, 4) is 17.2 Å². The Bertz CT molecular complexity index is 584. The van der Waals surface area contributed by atoms with E-state index in [-0.39, 0.29) is 0 Å². The Morgan fingerprint density at radius 1 is 0.952 bits per heavy atom. The van der Waals surface area contributed by atoms with Gasteiger partial charge in [0.25, 0.3) is 0 Å². The highest BCUT2D eigenvalue weighted by Gasteiger charge is 2.05. The van der Waals surface area contributed by atoms with E-state index in [1.807, 2.05) is 36.4 Å². The molecular formula is C17H19ClO3. The van der Waals surface area contributed by atoms with Gasteiger partial charge in [-0.2, -0.15) is 0 Å². The Hall–Kier alpha value is -1.87.